The molecule has 7 heteroatoms. The molecular formula is C14H12BrClN2O3. The Morgan fingerprint density at radius 2 is 2.00 bits per heavy atom. The molecule has 0 aliphatic carbocycles. The van der Waals surface area contributed by atoms with E-state index in [2.05, 4.69) is 26.2 Å². The molecule has 0 saturated carbocycles. The highest BCUT2D eigenvalue weighted by Gasteiger charge is 2.22. The highest BCUT2D eigenvalue weighted by atomic mass is 79.9. The standard InChI is InChI=1S/C14H12BrClN2O3/c1-6-11(7(2)17-12(6)14(20)21)13(19)18-10-4-3-8(15)5-9(10)16/h3-5,17H,1-2H3,(H,18,19)(H,20,21). The van der Waals surface area contributed by atoms with Gasteiger partial charge in [-0.25, -0.2) is 4.79 Å². The largest absolute Gasteiger partial charge is 0.477 e. The van der Waals surface area contributed by atoms with Crippen LogP contribution in [0.3, 0.4) is 0 Å². The number of carboxylic acid groups (broad SMARTS) is 1. The first-order valence-corrected chi connectivity index (χ1v) is 7.17. The fourth-order valence-corrected chi connectivity index (χ4v) is 2.80. The number of H-pyrrole nitrogens is 1. The van der Waals surface area contributed by atoms with Crippen LogP contribution in [0.15, 0.2) is 22.7 Å². The molecule has 0 saturated heterocycles. The first kappa shape index (κ1) is 15.6. The lowest BCUT2D eigenvalue weighted by molar-refractivity contribution is 0.0690. The van der Waals surface area contributed by atoms with Crippen molar-refractivity contribution in [1.82, 2.24) is 4.98 Å². The van der Waals surface area contributed by atoms with Crippen LogP contribution in [0, 0.1) is 13.8 Å². The van der Waals surface area contributed by atoms with E-state index in [1.807, 2.05) is 0 Å². The van der Waals surface area contributed by atoms with E-state index in [1.165, 1.54) is 0 Å². The number of aryl methyl sites for hydroxylation is 1. The third-order valence-electron chi connectivity index (χ3n) is 3.06. The van der Waals surface area contributed by atoms with E-state index in [0.717, 1.165) is 4.47 Å². The summed E-state index contributed by atoms with van der Waals surface area (Å²) in [4.78, 5) is 26.1. The van der Waals surface area contributed by atoms with Gasteiger partial charge < -0.3 is 15.4 Å². The van der Waals surface area contributed by atoms with E-state index in [9.17, 15) is 9.59 Å². The van der Waals surface area contributed by atoms with Crippen LogP contribution in [0.2, 0.25) is 5.02 Å². The molecule has 0 bridgehead atoms. The van der Waals surface area contributed by atoms with Gasteiger partial charge in [-0.05, 0) is 37.6 Å². The topological polar surface area (TPSA) is 82.2 Å². The molecular weight excluding hydrogens is 360 g/mol. The highest BCUT2D eigenvalue weighted by molar-refractivity contribution is 9.10. The Bertz CT molecular complexity index is 740. The lowest BCUT2D eigenvalue weighted by Gasteiger charge is -2.08. The van der Waals surface area contributed by atoms with E-state index in [4.69, 9.17) is 16.7 Å². The van der Waals surface area contributed by atoms with Gasteiger partial charge >= 0.3 is 5.97 Å². The van der Waals surface area contributed by atoms with Crippen molar-refractivity contribution in [2.45, 2.75) is 13.8 Å². The Morgan fingerprint density at radius 3 is 2.52 bits per heavy atom. The van der Waals surface area contributed by atoms with Crippen molar-refractivity contribution in [3.8, 4) is 0 Å². The summed E-state index contributed by atoms with van der Waals surface area (Å²) in [5.74, 6) is -1.51. The predicted molar refractivity (Wildman–Crippen MR) is 84.3 cm³/mol. The molecule has 0 aliphatic rings. The number of aromatic amines is 1. The number of benzene rings is 1. The molecule has 0 aliphatic heterocycles. The number of hydrogen-bond donors (Lipinski definition) is 3. The molecule has 1 aromatic heterocycles. The minimum atomic E-state index is -1.10. The van der Waals surface area contributed by atoms with Crippen molar-refractivity contribution in [2.24, 2.45) is 0 Å². The molecule has 0 fully saturated rings. The Hall–Kier alpha value is -1.79. The van der Waals surface area contributed by atoms with Gasteiger partial charge in [0.25, 0.3) is 5.91 Å². The molecule has 0 spiro atoms. The number of carbonyl (C=O) groups excluding carboxylic acids is 1. The normalized spacial score (nSPS) is 10.5. The van der Waals surface area contributed by atoms with Gasteiger partial charge in [0.15, 0.2) is 0 Å². The van der Waals surface area contributed by atoms with Crippen LogP contribution in [0.25, 0.3) is 0 Å². The third-order valence-corrected chi connectivity index (χ3v) is 3.86. The molecule has 0 radical (unpaired) electrons. The van der Waals surface area contributed by atoms with Crippen molar-refractivity contribution in [3.63, 3.8) is 0 Å². The Balaban J connectivity index is 2.35. The van der Waals surface area contributed by atoms with Gasteiger partial charge in [0.05, 0.1) is 16.3 Å². The van der Waals surface area contributed by atoms with E-state index in [1.54, 1.807) is 32.0 Å². The Labute approximate surface area is 134 Å². The Morgan fingerprint density at radius 1 is 1.33 bits per heavy atom. The van der Waals surface area contributed by atoms with Gasteiger partial charge in [0, 0.05) is 10.2 Å². The molecule has 1 heterocycles. The van der Waals surface area contributed by atoms with Crippen molar-refractivity contribution in [1.29, 1.82) is 0 Å². The zero-order valence-corrected chi connectivity index (χ0v) is 13.6. The van der Waals surface area contributed by atoms with Gasteiger partial charge in [0.2, 0.25) is 0 Å². The molecule has 3 N–H and O–H groups in total. The zero-order valence-electron chi connectivity index (χ0n) is 11.3. The van der Waals surface area contributed by atoms with Crippen LogP contribution in [0.5, 0.6) is 0 Å². The van der Waals surface area contributed by atoms with Crippen LogP contribution in [0.1, 0.15) is 32.1 Å². The minimum absolute atomic E-state index is 0.0135. The number of anilines is 1. The van der Waals surface area contributed by atoms with Crippen LogP contribution >= 0.6 is 27.5 Å². The van der Waals surface area contributed by atoms with Gasteiger partial charge in [-0.15, -0.1) is 0 Å². The van der Waals surface area contributed by atoms with Crippen LogP contribution in [0.4, 0.5) is 5.69 Å². The predicted octanol–water partition coefficient (Wildman–Crippen LogP) is 4.00. The Kier molecular flexibility index (Phi) is 4.39. The summed E-state index contributed by atoms with van der Waals surface area (Å²) in [6.45, 7) is 3.24. The van der Waals surface area contributed by atoms with Gasteiger partial charge in [-0.2, -0.15) is 0 Å². The maximum atomic E-state index is 12.3. The number of hydrogen-bond acceptors (Lipinski definition) is 2. The summed E-state index contributed by atoms with van der Waals surface area (Å²) in [6.07, 6.45) is 0. The van der Waals surface area contributed by atoms with Gasteiger partial charge in [-0.1, -0.05) is 27.5 Å². The van der Waals surface area contributed by atoms with Crippen LogP contribution < -0.4 is 5.32 Å². The van der Waals surface area contributed by atoms with Crippen LogP contribution in [-0.4, -0.2) is 22.0 Å². The summed E-state index contributed by atoms with van der Waals surface area (Å²) in [6, 6.07) is 5.08. The van der Waals surface area contributed by atoms with E-state index >= 15 is 0 Å². The monoisotopic (exact) mass is 370 g/mol. The second kappa shape index (κ2) is 5.91. The lowest BCUT2D eigenvalue weighted by Crippen LogP contribution is -2.14. The third kappa shape index (κ3) is 3.11. The first-order chi connectivity index (χ1) is 9.81. The van der Waals surface area contributed by atoms with E-state index in [-0.39, 0.29) is 5.69 Å². The van der Waals surface area contributed by atoms with Crippen molar-refractivity contribution in [3.05, 3.63) is 50.2 Å². The molecule has 2 aromatic rings. The number of aromatic carboxylic acids is 1. The summed E-state index contributed by atoms with van der Waals surface area (Å²) in [7, 11) is 0. The molecule has 110 valence electrons. The second-order valence-corrected chi connectivity index (χ2v) is 5.83. The maximum Gasteiger partial charge on any atom is 0.352 e. The summed E-state index contributed by atoms with van der Waals surface area (Å²) in [5.41, 5.74) is 1.68. The van der Waals surface area contributed by atoms with Crippen LogP contribution in [-0.2, 0) is 0 Å². The molecule has 0 atom stereocenters. The fraction of sp³-hybridized carbons (Fsp3) is 0.143. The number of halogens is 2. The molecule has 1 amide bonds. The molecule has 2 rings (SSSR count). The van der Waals surface area contributed by atoms with Crippen molar-refractivity contribution in [2.75, 3.05) is 5.32 Å². The number of nitrogens with one attached hydrogen (secondary N) is 2. The lowest BCUT2D eigenvalue weighted by atomic mass is 10.1. The SMILES string of the molecule is Cc1[nH]c(C(=O)O)c(C)c1C(=O)Nc1ccc(Br)cc1Cl. The number of aromatic nitrogens is 1. The number of carboxylic acids is 1. The van der Waals surface area contributed by atoms with Gasteiger partial charge in [0.1, 0.15) is 5.69 Å². The molecule has 1 aromatic carbocycles. The van der Waals surface area contributed by atoms with Crippen molar-refractivity contribution < 1.29 is 14.7 Å². The minimum Gasteiger partial charge on any atom is -0.477 e. The molecule has 0 unspecified atom stereocenters. The summed E-state index contributed by atoms with van der Waals surface area (Å²) >= 11 is 9.33. The highest BCUT2D eigenvalue weighted by Crippen LogP contribution is 2.27. The van der Waals surface area contributed by atoms with E-state index < -0.39 is 11.9 Å². The second-order valence-electron chi connectivity index (χ2n) is 4.51. The van der Waals surface area contributed by atoms with Crippen molar-refractivity contribution >= 4 is 45.1 Å². The quantitative estimate of drug-likeness (QED) is 0.762. The number of rotatable bonds is 3. The average molecular weight is 372 g/mol. The number of amides is 1. The van der Waals surface area contributed by atoms with Gasteiger partial charge in [-0.3, -0.25) is 4.79 Å². The molecule has 5 nitrogen and oxygen atoms in total. The zero-order chi connectivity index (χ0) is 15.7. The number of carbonyl (C=O) groups is 2. The summed E-state index contributed by atoms with van der Waals surface area (Å²) < 4.78 is 0.799. The van der Waals surface area contributed by atoms with E-state index in [0.29, 0.717) is 27.5 Å². The average Bonchev–Trinajstić information content (AvgIpc) is 2.68. The first-order valence-electron chi connectivity index (χ1n) is 6.00. The molecule has 21 heavy (non-hydrogen) atoms. The summed E-state index contributed by atoms with van der Waals surface area (Å²) in [5, 5.41) is 12.1. The smallest absolute Gasteiger partial charge is 0.352 e. The fourth-order valence-electron chi connectivity index (χ4n) is 2.08. The maximum absolute atomic E-state index is 12.3.